The molecule has 1 fully saturated rings. The molecule has 5 nitrogen and oxygen atoms in total. The van der Waals surface area contributed by atoms with E-state index in [1.165, 1.54) is 0 Å². The fourth-order valence-electron chi connectivity index (χ4n) is 3.57. The summed E-state index contributed by atoms with van der Waals surface area (Å²) in [7, 11) is 0. The summed E-state index contributed by atoms with van der Waals surface area (Å²) in [6.07, 6.45) is 8.20. The maximum Gasteiger partial charge on any atom is 0.310 e. The molecule has 1 aliphatic rings. The van der Waals surface area contributed by atoms with Gasteiger partial charge in [-0.3, -0.25) is 14.2 Å². The van der Waals surface area contributed by atoms with Crippen molar-refractivity contribution in [2.75, 3.05) is 0 Å². The van der Waals surface area contributed by atoms with Gasteiger partial charge in [-0.05, 0) is 34.3 Å². The lowest BCUT2D eigenvalue weighted by molar-refractivity contribution is -0.150. The first kappa shape index (κ1) is 16.3. The molecule has 0 spiro atoms. The third-order valence-electron chi connectivity index (χ3n) is 4.80. The van der Waals surface area contributed by atoms with E-state index < -0.39 is 0 Å². The largest absolute Gasteiger partial charge is 0.461 e. The van der Waals surface area contributed by atoms with Crippen molar-refractivity contribution in [3.8, 4) is 0 Å². The Morgan fingerprint density at radius 3 is 2.96 bits per heavy atom. The zero-order chi connectivity index (χ0) is 17.2. The summed E-state index contributed by atoms with van der Waals surface area (Å²) >= 11 is 3.49. The van der Waals surface area contributed by atoms with E-state index in [9.17, 15) is 4.79 Å². The van der Waals surface area contributed by atoms with Gasteiger partial charge in [0, 0.05) is 18.3 Å². The lowest BCUT2D eigenvalue weighted by atomic mass is 9.95. The average molecular weight is 400 g/mol. The van der Waals surface area contributed by atoms with Crippen molar-refractivity contribution in [2.24, 2.45) is 5.92 Å². The van der Waals surface area contributed by atoms with Crippen LogP contribution in [0.15, 0.2) is 53.5 Å². The van der Waals surface area contributed by atoms with Crippen molar-refractivity contribution in [1.82, 2.24) is 14.4 Å². The van der Waals surface area contributed by atoms with Gasteiger partial charge in [-0.15, -0.1) is 0 Å². The Hall–Kier alpha value is -2.21. The summed E-state index contributed by atoms with van der Waals surface area (Å²) in [5, 5.41) is 0. The van der Waals surface area contributed by atoms with E-state index in [1.807, 2.05) is 40.9 Å². The number of benzene rings is 1. The zero-order valence-electron chi connectivity index (χ0n) is 13.6. The van der Waals surface area contributed by atoms with Crippen LogP contribution < -0.4 is 0 Å². The van der Waals surface area contributed by atoms with E-state index in [4.69, 9.17) is 4.74 Å². The number of hydrogen-bond donors (Lipinski definition) is 0. The molecule has 1 aliphatic carbocycles. The summed E-state index contributed by atoms with van der Waals surface area (Å²) in [5.74, 6) is 0.704. The predicted molar refractivity (Wildman–Crippen MR) is 97.0 cm³/mol. The van der Waals surface area contributed by atoms with Crippen LogP contribution in [0.25, 0.3) is 5.52 Å². The van der Waals surface area contributed by atoms with Crippen molar-refractivity contribution in [2.45, 2.75) is 31.8 Å². The molecular formula is C19H18BrN3O2. The van der Waals surface area contributed by atoms with E-state index in [2.05, 4.69) is 25.9 Å². The van der Waals surface area contributed by atoms with Crippen molar-refractivity contribution in [1.29, 1.82) is 0 Å². The standard InChI is InChI=1S/C19H18BrN3O2/c20-17-16-11-21-9-10-23(16)18(22-17)14-7-4-8-15(14)19(24)25-12-13-5-2-1-3-6-13/h1-3,5-6,9-11,14-15H,4,7-8,12H2/t14-,15?/m1/s1. The summed E-state index contributed by atoms with van der Waals surface area (Å²) in [6, 6.07) is 9.78. The molecule has 0 amide bonds. The molecule has 1 unspecified atom stereocenters. The van der Waals surface area contributed by atoms with Crippen LogP contribution in [0.4, 0.5) is 0 Å². The number of nitrogens with zero attached hydrogens (tertiary/aromatic N) is 3. The van der Waals surface area contributed by atoms with Gasteiger partial charge >= 0.3 is 5.97 Å². The van der Waals surface area contributed by atoms with Crippen molar-refractivity contribution >= 4 is 27.4 Å². The second kappa shape index (κ2) is 6.96. The maximum absolute atomic E-state index is 12.7. The summed E-state index contributed by atoms with van der Waals surface area (Å²) < 4.78 is 8.36. The molecule has 128 valence electrons. The number of rotatable bonds is 4. The fourth-order valence-corrected chi connectivity index (χ4v) is 4.05. The summed E-state index contributed by atoms with van der Waals surface area (Å²) in [4.78, 5) is 21.5. The zero-order valence-corrected chi connectivity index (χ0v) is 15.2. The molecule has 0 aliphatic heterocycles. The minimum Gasteiger partial charge on any atom is -0.461 e. The van der Waals surface area contributed by atoms with E-state index >= 15 is 0 Å². The number of aromatic nitrogens is 3. The molecule has 2 heterocycles. The predicted octanol–water partition coefficient (Wildman–Crippen LogP) is 4.12. The molecule has 1 saturated carbocycles. The van der Waals surface area contributed by atoms with Gasteiger partial charge in [0.05, 0.1) is 17.6 Å². The van der Waals surface area contributed by atoms with Gasteiger partial charge < -0.3 is 4.74 Å². The van der Waals surface area contributed by atoms with Gasteiger partial charge in [0.2, 0.25) is 0 Å². The second-order valence-electron chi connectivity index (χ2n) is 6.33. The highest BCUT2D eigenvalue weighted by Crippen LogP contribution is 2.41. The molecule has 3 aromatic rings. The Bertz CT molecular complexity index is 894. The van der Waals surface area contributed by atoms with Gasteiger partial charge in [0.1, 0.15) is 17.0 Å². The van der Waals surface area contributed by atoms with E-state index in [1.54, 1.807) is 12.4 Å². The highest BCUT2D eigenvalue weighted by Gasteiger charge is 2.38. The number of fused-ring (bicyclic) bond motifs is 1. The first-order valence-corrected chi connectivity index (χ1v) is 9.21. The number of esters is 1. The number of halogens is 1. The lowest BCUT2D eigenvalue weighted by Gasteiger charge is -2.17. The van der Waals surface area contributed by atoms with Gasteiger partial charge in [-0.1, -0.05) is 36.8 Å². The van der Waals surface area contributed by atoms with Crippen LogP contribution in [0.3, 0.4) is 0 Å². The second-order valence-corrected chi connectivity index (χ2v) is 7.08. The summed E-state index contributed by atoms with van der Waals surface area (Å²) in [5.41, 5.74) is 1.92. The number of hydrogen-bond acceptors (Lipinski definition) is 4. The minimum atomic E-state index is -0.144. The average Bonchev–Trinajstić information content (AvgIpc) is 3.26. The molecule has 4 rings (SSSR count). The van der Waals surface area contributed by atoms with E-state index in [0.29, 0.717) is 6.61 Å². The van der Waals surface area contributed by atoms with Crippen molar-refractivity contribution in [3.05, 3.63) is 64.9 Å². The molecule has 2 atom stereocenters. The van der Waals surface area contributed by atoms with E-state index in [0.717, 1.165) is 40.8 Å². The van der Waals surface area contributed by atoms with Gasteiger partial charge in [0.25, 0.3) is 0 Å². The third kappa shape index (κ3) is 3.18. The van der Waals surface area contributed by atoms with Crippen LogP contribution in [0.2, 0.25) is 0 Å². The highest BCUT2D eigenvalue weighted by atomic mass is 79.9. The van der Waals surface area contributed by atoms with Gasteiger partial charge in [0.15, 0.2) is 0 Å². The Labute approximate surface area is 154 Å². The van der Waals surface area contributed by atoms with Crippen molar-refractivity contribution < 1.29 is 9.53 Å². The van der Waals surface area contributed by atoms with Crippen LogP contribution in [-0.2, 0) is 16.1 Å². The minimum absolute atomic E-state index is 0.0736. The quantitative estimate of drug-likeness (QED) is 0.619. The molecule has 2 aromatic heterocycles. The highest BCUT2D eigenvalue weighted by molar-refractivity contribution is 9.10. The lowest BCUT2D eigenvalue weighted by Crippen LogP contribution is -2.21. The molecule has 0 radical (unpaired) electrons. The first-order valence-electron chi connectivity index (χ1n) is 8.42. The van der Waals surface area contributed by atoms with Crippen LogP contribution in [0.1, 0.15) is 36.6 Å². The number of carbonyl (C=O) groups excluding carboxylic acids is 1. The molecule has 25 heavy (non-hydrogen) atoms. The van der Waals surface area contributed by atoms with Gasteiger partial charge in [-0.2, -0.15) is 0 Å². The third-order valence-corrected chi connectivity index (χ3v) is 5.39. The van der Waals surface area contributed by atoms with Crippen molar-refractivity contribution in [3.63, 3.8) is 0 Å². The van der Waals surface area contributed by atoms with Crippen LogP contribution >= 0.6 is 15.9 Å². The van der Waals surface area contributed by atoms with Crippen LogP contribution in [-0.4, -0.2) is 20.3 Å². The van der Waals surface area contributed by atoms with Gasteiger partial charge in [-0.25, -0.2) is 4.98 Å². The molecule has 0 N–H and O–H groups in total. The molecule has 1 aromatic carbocycles. The molecule has 0 bridgehead atoms. The molecule has 6 heteroatoms. The topological polar surface area (TPSA) is 56.5 Å². The summed E-state index contributed by atoms with van der Waals surface area (Å²) in [6.45, 7) is 0.318. The number of ether oxygens (including phenoxy) is 1. The number of carbonyl (C=O) groups is 1. The fraction of sp³-hybridized carbons (Fsp3) is 0.316. The van der Waals surface area contributed by atoms with Crippen LogP contribution in [0, 0.1) is 5.92 Å². The Morgan fingerprint density at radius 1 is 1.28 bits per heavy atom. The Balaban J connectivity index is 1.54. The van der Waals surface area contributed by atoms with E-state index in [-0.39, 0.29) is 17.8 Å². The molecular weight excluding hydrogens is 382 g/mol. The van der Waals surface area contributed by atoms with Crippen LogP contribution in [0.5, 0.6) is 0 Å². The smallest absolute Gasteiger partial charge is 0.310 e. The normalized spacial score (nSPS) is 20.0. The SMILES string of the molecule is O=C(OCc1ccccc1)C1CCC[C@H]1c1nc(Br)c2cnccn12. The maximum atomic E-state index is 12.7. The monoisotopic (exact) mass is 399 g/mol. The first-order chi connectivity index (χ1) is 12.2. The number of imidazole rings is 1. The molecule has 0 saturated heterocycles. The Morgan fingerprint density at radius 2 is 2.12 bits per heavy atom. The Kier molecular flexibility index (Phi) is 4.53.